The Balaban J connectivity index is 1.47. The van der Waals surface area contributed by atoms with Crippen LogP contribution in [0.15, 0.2) is 30.3 Å². The first kappa shape index (κ1) is 15.8. The summed E-state index contributed by atoms with van der Waals surface area (Å²) in [6.07, 6.45) is 5.44. The molecule has 1 saturated heterocycles. The quantitative estimate of drug-likeness (QED) is 0.846. The van der Waals surface area contributed by atoms with Crippen molar-refractivity contribution in [3.63, 3.8) is 0 Å². The Bertz CT molecular complexity index is 609. The summed E-state index contributed by atoms with van der Waals surface area (Å²) in [6.45, 7) is 1.38. The summed E-state index contributed by atoms with van der Waals surface area (Å²) in [7, 11) is 0. The molecule has 4 rings (SSSR count). The first-order valence-electron chi connectivity index (χ1n) is 9.22. The third-order valence-corrected chi connectivity index (χ3v) is 6.11. The fourth-order valence-corrected chi connectivity index (χ4v) is 4.98. The molecule has 1 aromatic rings. The molecule has 2 saturated carbocycles. The summed E-state index contributed by atoms with van der Waals surface area (Å²) in [4.78, 5) is 25.8. The molecule has 1 N–H and O–H groups in total. The minimum absolute atomic E-state index is 0.0620. The van der Waals surface area contributed by atoms with Gasteiger partial charge in [0.2, 0.25) is 5.91 Å². The fourth-order valence-electron chi connectivity index (χ4n) is 4.98. The van der Waals surface area contributed by atoms with Crippen molar-refractivity contribution < 1.29 is 14.3 Å². The zero-order chi connectivity index (χ0) is 16.5. The van der Waals surface area contributed by atoms with Crippen molar-refractivity contribution in [2.75, 3.05) is 13.2 Å². The van der Waals surface area contributed by atoms with Gasteiger partial charge in [0.1, 0.15) is 0 Å². The lowest BCUT2D eigenvalue weighted by atomic mass is 9.75. The molecule has 4 nitrogen and oxygen atoms in total. The minimum atomic E-state index is -0.155. The SMILES string of the molecule is O=C(NC[C@@H]1CCCO1)[C@H]1[C@H]2CC[C@@H](C2)[C@@H]1C(=O)c1ccccc1. The highest BCUT2D eigenvalue weighted by Crippen LogP contribution is 2.53. The van der Waals surface area contributed by atoms with E-state index in [4.69, 9.17) is 4.74 Å². The van der Waals surface area contributed by atoms with Crippen molar-refractivity contribution in [2.24, 2.45) is 23.7 Å². The highest BCUT2D eigenvalue weighted by atomic mass is 16.5. The van der Waals surface area contributed by atoms with Crippen molar-refractivity contribution in [3.8, 4) is 0 Å². The van der Waals surface area contributed by atoms with Gasteiger partial charge in [0.15, 0.2) is 5.78 Å². The molecule has 1 heterocycles. The van der Waals surface area contributed by atoms with E-state index in [1.807, 2.05) is 30.3 Å². The molecule has 4 heteroatoms. The lowest BCUT2D eigenvalue weighted by Crippen LogP contribution is -2.43. The molecule has 128 valence electrons. The highest BCUT2D eigenvalue weighted by molar-refractivity contribution is 6.01. The highest BCUT2D eigenvalue weighted by Gasteiger charge is 2.53. The van der Waals surface area contributed by atoms with Crippen LogP contribution in [0.25, 0.3) is 0 Å². The molecule has 1 aliphatic heterocycles. The smallest absolute Gasteiger partial charge is 0.224 e. The van der Waals surface area contributed by atoms with Gasteiger partial charge in [-0.25, -0.2) is 0 Å². The van der Waals surface area contributed by atoms with Crippen LogP contribution in [0.3, 0.4) is 0 Å². The number of ketones is 1. The largest absolute Gasteiger partial charge is 0.376 e. The minimum Gasteiger partial charge on any atom is -0.376 e. The van der Waals surface area contributed by atoms with E-state index < -0.39 is 0 Å². The van der Waals surface area contributed by atoms with Crippen molar-refractivity contribution >= 4 is 11.7 Å². The average molecular weight is 327 g/mol. The van der Waals surface area contributed by atoms with E-state index in [0.717, 1.165) is 44.3 Å². The molecule has 0 spiro atoms. The Morgan fingerprint density at radius 1 is 1.04 bits per heavy atom. The van der Waals surface area contributed by atoms with Gasteiger partial charge >= 0.3 is 0 Å². The molecule has 2 aliphatic carbocycles. The van der Waals surface area contributed by atoms with E-state index in [0.29, 0.717) is 18.4 Å². The number of nitrogens with one attached hydrogen (secondary N) is 1. The van der Waals surface area contributed by atoms with Gasteiger partial charge in [0, 0.05) is 24.6 Å². The van der Waals surface area contributed by atoms with Gasteiger partial charge in [-0.05, 0) is 43.9 Å². The van der Waals surface area contributed by atoms with E-state index in [2.05, 4.69) is 5.32 Å². The Hall–Kier alpha value is -1.68. The van der Waals surface area contributed by atoms with E-state index in [9.17, 15) is 9.59 Å². The van der Waals surface area contributed by atoms with Crippen LogP contribution in [-0.4, -0.2) is 30.9 Å². The predicted octanol–water partition coefficient (Wildman–Crippen LogP) is 2.83. The second-order valence-corrected chi connectivity index (χ2v) is 7.50. The number of amides is 1. The molecule has 0 unspecified atom stereocenters. The van der Waals surface area contributed by atoms with Crippen LogP contribution < -0.4 is 5.32 Å². The second-order valence-electron chi connectivity index (χ2n) is 7.50. The molecule has 0 radical (unpaired) electrons. The van der Waals surface area contributed by atoms with E-state index in [-0.39, 0.29) is 29.6 Å². The van der Waals surface area contributed by atoms with Crippen molar-refractivity contribution in [1.29, 1.82) is 0 Å². The maximum atomic E-state index is 13.0. The number of ether oxygens (including phenoxy) is 1. The topological polar surface area (TPSA) is 55.4 Å². The molecule has 3 fully saturated rings. The van der Waals surface area contributed by atoms with E-state index >= 15 is 0 Å². The third kappa shape index (κ3) is 2.88. The molecule has 2 bridgehead atoms. The summed E-state index contributed by atoms with van der Waals surface area (Å²) in [5.74, 6) is 0.666. The lowest BCUT2D eigenvalue weighted by molar-refractivity contribution is -0.128. The normalized spacial score (nSPS) is 34.4. The number of hydrogen-bond acceptors (Lipinski definition) is 3. The summed E-state index contributed by atoms with van der Waals surface area (Å²) in [6, 6.07) is 9.45. The number of fused-ring (bicyclic) bond motifs is 2. The number of Topliss-reactive ketones (excluding diaryl/α,β-unsaturated/α-hetero) is 1. The molecule has 24 heavy (non-hydrogen) atoms. The molecule has 1 amide bonds. The number of rotatable bonds is 5. The monoisotopic (exact) mass is 327 g/mol. The van der Waals surface area contributed by atoms with Gasteiger partial charge in [0.25, 0.3) is 0 Å². The van der Waals surface area contributed by atoms with Crippen LogP contribution in [-0.2, 0) is 9.53 Å². The van der Waals surface area contributed by atoms with Crippen LogP contribution >= 0.6 is 0 Å². The molecular formula is C20H25NO3. The van der Waals surface area contributed by atoms with Gasteiger partial charge in [-0.2, -0.15) is 0 Å². The van der Waals surface area contributed by atoms with Gasteiger partial charge in [0.05, 0.1) is 12.0 Å². The van der Waals surface area contributed by atoms with Crippen molar-refractivity contribution in [1.82, 2.24) is 5.32 Å². The Morgan fingerprint density at radius 3 is 2.50 bits per heavy atom. The van der Waals surface area contributed by atoms with Gasteiger partial charge < -0.3 is 10.1 Å². The number of benzene rings is 1. The zero-order valence-electron chi connectivity index (χ0n) is 13.9. The fraction of sp³-hybridized carbons (Fsp3) is 0.600. The third-order valence-electron chi connectivity index (χ3n) is 6.11. The predicted molar refractivity (Wildman–Crippen MR) is 90.6 cm³/mol. The molecule has 3 aliphatic rings. The standard InChI is InChI=1S/C20H25NO3/c22-19(13-5-2-1-3-6-13)17-14-8-9-15(11-14)18(17)20(23)21-12-16-7-4-10-24-16/h1-3,5-6,14-18H,4,7-12H2,(H,21,23)/t14-,15-,16-,17-,18-/m0/s1. The maximum Gasteiger partial charge on any atom is 0.224 e. The Labute approximate surface area is 143 Å². The van der Waals surface area contributed by atoms with Crippen LogP contribution in [0.5, 0.6) is 0 Å². The molecule has 1 aromatic carbocycles. The van der Waals surface area contributed by atoms with Crippen LogP contribution in [0.4, 0.5) is 0 Å². The van der Waals surface area contributed by atoms with Gasteiger partial charge in [-0.1, -0.05) is 30.3 Å². The summed E-state index contributed by atoms with van der Waals surface area (Å²) in [5, 5.41) is 3.07. The summed E-state index contributed by atoms with van der Waals surface area (Å²) < 4.78 is 5.59. The van der Waals surface area contributed by atoms with Crippen LogP contribution in [0, 0.1) is 23.7 Å². The first-order chi connectivity index (χ1) is 11.7. The number of carbonyl (C=O) groups excluding carboxylic acids is 2. The van der Waals surface area contributed by atoms with Crippen LogP contribution in [0.1, 0.15) is 42.5 Å². The van der Waals surface area contributed by atoms with Crippen LogP contribution in [0.2, 0.25) is 0 Å². The van der Waals surface area contributed by atoms with Crippen molar-refractivity contribution in [3.05, 3.63) is 35.9 Å². The number of carbonyl (C=O) groups is 2. The lowest BCUT2D eigenvalue weighted by Gasteiger charge is -2.29. The summed E-state index contributed by atoms with van der Waals surface area (Å²) in [5.41, 5.74) is 0.743. The van der Waals surface area contributed by atoms with Gasteiger partial charge in [-0.3, -0.25) is 9.59 Å². The second kappa shape index (κ2) is 6.67. The number of hydrogen-bond donors (Lipinski definition) is 1. The molecule has 0 aromatic heterocycles. The Kier molecular flexibility index (Phi) is 4.40. The summed E-state index contributed by atoms with van der Waals surface area (Å²) >= 11 is 0. The maximum absolute atomic E-state index is 13.0. The van der Waals surface area contributed by atoms with Crippen molar-refractivity contribution in [2.45, 2.75) is 38.2 Å². The zero-order valence-corrected chi connectivity index (χ0v) is 13.9. The average Bonchev–Trinajstić information content (AvgIpc) is 3.36. The molecule has 5 atom stereocenters. The van der Waals surface area contributed by atoms with Gasteiger partial charge in [-0.15, -0.1) is 0 Å². The van der Waals surface area contributed by atoms with E-state index in [1.54, 1.807) is 0 Å². The van der Waals surface area contributed by atoms with E-state index in [1.165, 1.54) is 0 Å². The first-order valence-corrected chi connectivity index (χ1v) is 9.22. The molecular weight excluding hydrogens is 302 g/mol. The Morgan fingerprint density at radius 2 is 1.79 bits per heavy atom.